The Balaban J connectivity index is 2.10. The molecular formula is C14H18N2S. The molecule has 0 saturated heterocycles. The van der Waals surface area contributed by atoms with Gasteiger partial charge in [0.2, 0.25) is 0 Å². The smallest absolute Gasteiger partial charge is 0.0925 e. The van der Waals surface area contributed by atoms with E-state index in [1.807, 2.05) is 13.1 Å². The Hall–Kier alpha value is -1.19. The van der Waals surface area contributed by atoms with Crippen LogP contribution in [-0.4, -0.2) is 12.0 Å². The Bertz CT molecular complexity index is 450. The average Bonchev–Trinajstić information content (AvgIpc) is 2.84. The van der Waals surface area contributed by atoms with E-state index < -0.39 is 0 Å². The lowest BCUT2D eigenvalue weighted by atomic mass is 10.0. The Labute approximate surface area is 107 Å². The van der Waals surface area contributed by atoms with Gasteiger partial charge in [-0.2, -0.15) is 0 Å². The van der Waals surface area contributed by atoms with Crippen LogP contribution in [0.25, 0.3) is 0 Å². The van der Waals surface area contributed by atoms with E-state index in [1.165, 1.54) is 16.3 Å². The van der Waals surface area contributed by atoms with Gasteiger partial charge in [-0.25, -0.2) is 4.98 Å². The minimum atomic E-state index is 0.350. The zero-order valence-electron chi connectivity index (χ0n) is 10.3. The number of aryl methyl sites for hydroxylation is 1. The molecule has 0 radical (unpaired) electrons. The first-order chi connectivity index (χ1) is 8.33. The zero-order valence-corrected chi connectivity index (χ0v) is 11.1. The van der Waals surface area contributed by atoms with Gasteiger partial charge >= 0.3 is 0 Å². The first kappa shape index (κ1) is 12.3. The highest BCUT2D eigenvalue weighted by Crippen LogP contribution is 2.19. The molecule has 1 aromatic heterocycles. The average molecular weight is 246 g/mol. The van der Waals surface area contributed by atoms with Crippen LogP contribution in [-0.2, 0) is 12.8 Å². The third kappa shape index (κ3) is 3.14. The molecule has 1 heterocycles. The molecule has 17 heavy (non-hydrogen) atoms. The zero-order chi connectivity index (χ0) is 12.1. The molecule has 1 unspecified atom stereocenters. The summed E-state index contributed by atoms with van der Waals surface area (Å²) in [7, 11) is 2.00. The van der Waals surface area contributed by atoms with Gasteiger partial charge in [-0.05, 0) is 19.0 Å². The second-order valence-corrected chi connectivity index (χ2v) is 4.98. The van der Waals surface area contributed by atoms with Crippen LogP contribution < -0.4 is 5.32 Å². The number of aromatic nitrogens is 1. The summed E-state index contributed by atoms with van der Waals surface area (Å²) in [6, 6.07) is 10.9. The van der Waals surface area contributed by atoms with Gasteiger partial charge in [-0.1, -0.05) is 37.3 Å². The Morgan fingerprint density at radius 2 is 2.06 bits per heavy atom. The maximum absolute atomic E-state index is 4.62. The topological polar surface area (TPSA) is 24.9 Å². The molecule has 90 valence electrons. The van der Waals surface area contributed by atoms with Crippen LogP contribution in [0.3, 0.4) is 0 Å². The monoisotopic (exact) mass is 246 g/mol. The van der Waals surface area contributed by atoms with Crippen LogP contribution in [0.5, 0.6) is 0 Å². The van der Waals surface area contributed by atoms with Gasteiger partial charge in [0.25, 0.3) is 0 Å². The molecule has 0 spiro atoms. The van der Waals surface area contributed by atoms with Crippen LogP contribution >= 0.6 is 11.3 Å². The van der Waals surface area contributed by atoms with Crippen molar-refractivity contribution in [3.8, 4) is 0 Å². The number of rotatable bonds is 5. The van der Waals surface area contributed by atoms with Gasteiger partial charge in [0, 0.05) is 17.8 Å². The number of hydrogen-bond acceptors (Lipinski definition) is 3. The van der Waals surface area contributed by atoms with Gasteiger partial charge in [0.05, 0.1) is 10.7 Å². The minimum absolute atomic E-state index is 0.350. The van der Waals surface area contributed by atoms with Crippen molar-refractivity contribution < 1.29 is 0 Å². The molecule has 0 bridgehead atoms. The van der Waals surface area contributed by atoms with Gasteiger partial charge in [-0.3, -0.25) is 0 Å². The van der Waals surface area contributed by atoms with Crippen LogP contribution in [0.4, 0.5) is 0 Å². The summed E-state index contributed by atoms with van der Waals surface area (Å²) in [5.74, 6) is 0. The molecule has 0 aliphatic carbocycles. The summed E-state index contributed by atoms with van der Waals surface area (Å²) in [5, 5.41) is 6.76. The Morgan fingerprint density at radius 3 is 2.65 bits per heavy atom. The fourth-order valence-electron chi connectivity index (χ4n) is 1.89. The van der Waals surface area contributed by atoms with Crippen LogP contribution in [0.15, 0.2) is 35.7 Å². The number of thiazole rings is 1. The number of nitrogens with zero attached hydrogens (tertiary/aromatic N) is 1. The summed E-state index contributed by atoms with van der Waals surface area (Å²) in [4.78, 5) is 4.62. The molecule has 3 heteroatoms. The second-order valence-electron chi connectivity index (χ2n) is 4.04. The highest BCUT2D eigenvalue weighted by atomic mass is 32.1. The molecule has 2 rings (SSSR count). The van der Waals surface area contributed by atoms with E-state index in [0.717, 1.165) is 12.8 Å². The first-order valence-corrected chi connectivity index (χ1v) is 6.87. The van der Waals surface area contributed by atoms with Crippen molar-refractivity contribution in [1.82, 2.24) is 10.3 Å². The van der Waals surface area contributed by atoms with Crippen molar-refractivity contribution in [2.45, 2.75) is 25.8 Å². The third-order valence-electron chi connectivity index (χ3n) is 2.87. The molecule has 1 atom stereocenters. The number of benzene rings is 1. The largest absolute Gasteiger partial charge is 0.313 e. The van der Waals surface area contributed by atoms with E-state index in [-0.39, 0.29) is 0 Å². The van der Waals surface area contributed by atoms with E-state index in [9.17, 15) is 0 Å². The molecular weight excluding hydrogens is 228 g/mol. The highest BCUT2D eigenvalue weighted by Gasteiger charge is 2.11. The molecule has 0 aliphatic heterocycles. The first-order valence-electron chi connectivity index (χ1n) is 5.99. The normalized spacial score (nSPS) is 12.6. The van der Waals surface area contributed by atoms with E-state index in [0.29, 0.717) is 6.04 Å². The van der Waals surface area contributed by atoms with Crippen LogP contribution in [0, 0.1) is 0 Å². The quantitative estimate of drug-likeness (QED) is 0.876. The van der Waals surface area contributed by atoms with Crippen molar-refractivity contribution in [2.24, 2.45) is 0 Å². The van der Waals surface area contributed by atoms with Crippen molar-refractivity contribution in [3.63, 3.8) is 0 Å². The van der Waals surface area contributed by atoms with E-state index >= 15 is 0 Å². The van der Waals surface area contributed by atoms with Crippen molar-refractivity contribution in [1.29, 1.82) is 0 Å². The van der Waals surface area contributed by atoms with E-state index in [2.05, 4.69) is 46.9 Å². The molecule has 2 nitrogen and oxygen atoms in total. The molecule has 0 amide bonds. The molecule has 1 N–H and O–H groups in total. The molecule has 1 aromatic carbocycles. The fraction of sp³-hybridized carbons (Fsp3) is 0.357. The second kappa shape index (κ2) is 5.94. The molecule has 0 aliphatic rings. The molecule has 0 saturated carbocycles. The lowest BCUT2D eigenvalue weighted by Crippen LogP contribution is -2.18. The lowest BCUT2D eigenvalue weighted by molar-refractivity contribution is 0.585. The number of nitrogens with one attached hydrogen (secondary N) is 1. The predicted molar refractivity (Wildman–Crippen MR) is 73.4 cm³/mol. The van der Waals surface area contributed by atoms with Gasteiger partial charge in [-0.15, -0.1) is 11.3 Å². The van der Waals surface area contributed by atoms with Gasteiger partial charge in [0.1, 0.15) is 0 Å². The predicted octanol–water partition coefficient (Wildman–Crippen LogP) is 3.21. The molecule has 2 aromatic rings. The van der Waals surface area contributed by atoms with Crippen molar-refractivity contribution in [3.05, 3.63) is 52.0 Å². The lowest BCUT2D eigenvalue weighted by Gasteiger charge is -2.15. The summed E-state index contributed by atoms with van der Waals surface area (Å²) >= 11 is 1.76. The van der Waals surface area contributed by atoms with Crippen molar-refractivity contribution in [2.75, 3.05) is 7.05 Å². The minimum Gasteiger partial charge on any atom is -0.313 e. The summed E-state index contributed by atoms with van der Waals surface area (Å²) in [5.41, 5.74) is 2.51. The molecule has 0 fully saturated rings. The maximum atomic E-state index is 4.62. The third-order valence-corrected chi connectivity index (χ3v) is 3.91. The van der Waals surface area contributed by atoms with Crippen LogP contribution in [0.2, 0.25) is 0 Å². The van der Waals surface area contributed by atoms with Crippen LogP contribution in [0.1, 0.15) is 29.2 Å². The highest BCUT2D eigenvalue weighted by molar-refractivity contribution is 7.09. The summed E-state index contributed by atoms with van der Waals surface area (Å²) in [6.07, 6.45) is 1.98. The maximum Gasteiger partial charge on any atom is 0.0925 e. The Morgan fingerprint density at radius 1 is 1.29 bits per heavy atom. The van der Waals surface area contributed by atoms with E-state index in [1.54, 1.807) is 11.3 Å². The van der Waals surface area contributed by atoms with Gasteiger partial charge < -0.3 is 5.32 Å². The summed E-state index contributed by atoms with van der Waals surface area (Å²) < 4.78 is 0. The standard InChI is InChI=1S/C14H18N2S/c1-3-14-16-12(10-17-14)9-13(15-2)11-7-5-4-6-8-11/h4-8,10,13,15H,3,9H2,1-2H3. The fourth-order valence-corrected chi connectivity index (χ4v) is 2.64. The number of hydrogen-bond donors (Lipinski definition) is 1. The number of likely N-dealkylation sites (N-methyl/N-ethyl adjacent to an activating group) is 1. The van der Waals surface area contributed by atoms with Crippen molar-refractivity contribution >= 4 is 11.3 Å². The SMILES string of the molecule is CCc1nc(CC(NC)c2ccccc2)cs1. The van der Waals surface area contributed by atoms with Gasteiger partial charge in [0.15, 0.2) is 0 Å². The Kier molecular flexibility index (Phi) is 4.29. The van der Waals surface area contributed by atoms with E-state index in [4.69, 9.17) is 0 Å². The summed E-state index contributed by atoms with van der Waals surface area (Å²) in [6.45, 7) is 2.15.